The van der Waals surface area contributed by atoms with Crippen LogP contribution in [0.3, 0.4) is 0 Å². The Hall–Kier alpha value is -0.880. The summed E-state index contributed by atoms with van der Waals surface area (Å²) in [6.07, 6.45) is 3.38. The van der Waals surface area contributed by atoms with Crippen molar-refractivity contribution in [3.05, 3.63) is 22.9 Å². The molecule has 0 aliphatic rings. The first kappa shape index (κ1) is 8.71. The lowest BCUT2D eigenvalue weighted by molar-refractivity contribution is 0.685. The van der Waals surface area contributed by atoms with Gasteiger partial charge in [-0.3, -0.25) is 0 Å². The van der Waals surface area contributed by atoms with Crippen molar-refractivity contribution in [2.45, 2.75) is 10.9 Å². The highest BCUT2D eigenvalue weighted by atomic mass is 32.2. The molecule has 2 aromatic rings. The summed E-state index contributed by atoms with van der Waals surface area (Å²) in [7, 11) is 1.89. The zero-order valence-electron chi connectivity index (χ0n) is 7.04. The number of thioether (sulfide) groups is 1. The Morgan fingerprint density at radius 2 is 2.46 bits per heavy atom. The molecule has 0 unspecified atom stereocenters. The Morgan fingerprint density at radius 1 is 1.54 bits per heavy atom. The van der Waals surface area contributed by atoms with Gasteiger partial charge < -0.3 is 0 Å². The minimum Gasteiger partial charge on any atom is -0.249 e. The van der Waals surface area contributed by atoms with Crippen LogP contribution in [-0.2, 0) is 12.8 Å². The van der Waals surface area contributed by atoms with E-state index in [0.29, 0.717) is 0 Å². The molecule has 0 saturated heterocycles. The number of nitrogens with zero attached hydrogens (tertiary/aromatic N) is 4. The third kappa shape index (κ3) is 2.07. The van der Waals surface area contributed by atoms with Gasteiger partial charge in [0.2, 0.25) is 0 Å². The Kier molecular flexibility index (Phi) is 2.60. The molecule has 2 rings (SSSR count). The van der Waals surface area contributed by atoms with Crippen molar-refractivity contribution in [1.29, 1.82) is 0 Å². The molecule has 0 bridgehead atoms. The quantitative estimate of drug-likeness (QED) is 0.724. The van der Waals surface area contributed by atoms with Gasteiger partial charge in [0, 0.05) is 18.6 Å². The minimum absolute atomic E-state index is 0.865. The van der Waals surface area contributed by atoms with Gasteiger partial charge in [-0.2, -0.15) is 5.10 Å². The van der Waals surface area contributed by atoms with E-state index < -0.39 is 0 Å². The van der Waals surface area contributed by atoms with Gasteiger partial charge in [-0.05, 0) is 0 Å². The molecular formula is C7H8N4S2. The number of aryl methyl sites for hydroxylation is 1. The summed E-state index contributed by atoms with van der Waals surface area (Å²) in [6.45, 7) is 0. The van der Waals surface area contributed by atoms with Crippen LogP contribution in [0.25, 0.3) is 0 Å². The van der Waals surface area contributed by atoms with Crippen LogP contribution < -0.4 is 0 Å². The molecule has 0 atom stereocenters. The molecule has 0 N–H and O–H groups in total. The first-order valence-electron chi connectivity index (χ1n) is 3.71. The second-order valence-corrected chi connectivity index (χ2v) is 4.30. The molecule has 6 heteroatoms. The fraction of sp³-hybridized carbons (Fsp3) is 0.286. The van der Waals surface area contributed by atoms with Crippen LogP contribution in [0.4, 0.5) is 0 Å². The fourth-order valence-electron chi connectivity index (χ4n) is 0.867. The molecule has 4 nitrogen and oxygen atoms in total. The average Bonchev–Trinajstić information content (AvgIpc) is 2.72. The highest BCUT2D eigenvalue weighted by molar-refractivity contribution is 7.98. The van der Waals surface area contributed by atoms with Crippen molar-refractivity contribution >= 4 is 23.1 Å². The molecule has 2 heterocycles. The Morgan fingerprint density at radius 3 is 3.08 bits per heavy atom. The molecular weight excluding hydrogens is 204 g/mol. The zero-order chi connectivity index (χ0) is 9.10. The summed E-state index contributed by atoms with van der Waals surface area (Å²) in [5.74, 6) is 0.865. The zero-order valence-corrected chi connectivity index (χ0v) is 8.68. The summed E-state index contributed by atoms with van der Waals surface area (Å²) < 4.78 is 1.76. The van der Waals surface area contributed by atoms with Crippen molar-refractivity contribution in [2.24, 2.45) is 7.05 Å². The molecule has 0 aliphatic carbocycles. The summed E-state index contributed by atoms with van der Waals surface area (Å²) >= 11 is 3.31. The third-order valence-corrected chi connectivity index (χ3v) is 3.49. The molecule has 13 heavy (non-hydrogen) atoms. The first-order valence-corrected chi connectivity index (χ1v) is 5.58. The second-order valence-electron chi connectivity index (χ2n) is 2.38. The average molecular weight is 212 g/mol. The summed E-state index contributed by atoms with van der Waals surface area (Å²) in [6, 6.07) is 0. The van der Waals surface area contributed by atoms with Crippen LogP contribution in [0.15, 0.2) is 23.1 Å². The Balaban J connectivity index is 1.97. The van der Waals surface area contributed by atoms with Crippen molar-refractivity contribution < 1.29 is 0 Å². The van der Waals surface area contributed by atoms with Gasteiger partial charge in [0.15, 0.2) is 5.16 Å². The van der Waals surface area contributed by atoms with E-state index in [1.807, 2.05) is 18.6 Å². The largest absolute Gasteiger partial charge is 0.249 e. The molecule has 0 spiro atoms. The van der Waals surface area contributed by atoms with Crippen LogP contribution >= 0.6 is 23.1 Å². The molecule has 2 aromatic heterocycles. The predicted molar refractivity (Wildman–Crippen MR) is 52.7 cm³/mol. The Bertz CT molecular complexity index is 368. The van der Waals surface area contributed by atoms with E-state index in [-0.39, 0.29) is 0 Å². The fourth-order valence-corrected chi connectivity index (χ4v) is 2.40. The molecule has 0 saturated carbocycles. The number of thiazole rings is 1. The highest BCUT2D eigenvalue weighted by Gasteiger charge is 2.02. The molecule has 0 radical (unpaired) electrons. The van der Waals surface area contributed by atoms with E-state index in [0.717, 1.165) is 15.9 Å². The monoisotopic (exact) mass is 212 g/mol. The predicted octanol–water partition coefficient (Wildman–Crippen LogP) is 1.56. The number of aromatic nitrogens is 4. The van der Waals surface area contributed by atoms with Gasteiger partial charge in [0.1, 0.15) is 11.3 Å². The van der Waals surface area contributed by atoms with Gasteiger partial charge in [-0.25, -0.2) is 14.6 Å². The third-order valence-electron chi connectivity index (χ3n) is 1.48. The first-order chi connectivity index (χ1) is 6.36. The van der Waals surface area contributed by atoms with E-state index in [1.165, 1.54) is 0 Å². The second kappa shape index (κ2) is 3.89. The van der Waals surface area contributed by atoms with Crippen molar-refractivity contribution in [3.8, 4) is 0 Å². The topological polar surface area (TPSA) is 43.6 Å². The van der Waals surface area contributed by atoms with Gasteiger partial charge in [0.05, 0.1) is 5.75 Å². The Labute approximate surface area is 84.0 Å². The van der Waals surface area contributed by atoms with Crippen LogP contribution in [0.5, 0.6) is 0 Å². The van der Waals surface area contributed by atoms with E-state index in [2.05, 4.69) is 15.1 Å². The number of hydrogen-bond acceptors (Lipinski definition) is 5. The van der Waals surface area contributed by atoms with Crippen LogP contribution in [0, 0.1) is 0 Å². The molecule has 0 fully saturated rings. The number of hydrogen-bond donors (Lipinski definition) is 0. The van der Waals surface area contributed by atoms with E-state index in [9.17, 15) is 0 Å². The van der Waals surface area contributed by atoms with Crippen molar-refractivity contribution in [1.82, 2.24) is 19.7 Å². The SMILES string of the molecule is Cn1ncnc1SCc1nccs1. The molecule has 0 amide bonds. The highest BCUT2D eigenvalue weighted by Crippen LogP contribution is 2.20. The lowest BCUT2D eigenvalue weighted by Gasteiger charge is -1.96. The lowest BCUT2D eigenvalue weighted by Crippen LogP contribution is -1.92. The maximum atomic E-state index is 4.19. The van der Waals surface area contributed by atoms with Crippen LogP contribution in [-0.4, -0.2) is 19.7 Å². The minimum atomic E-state index is 0.865. The maximum Gasteiger partial charge on any atom is 0.186 e. The van der Waals surface area contributed by atoms with E-state index >= 15 is 0 Å². The summed E-state index contributed by atoms with van der Waals surface area (Å²) in [5.41, 5.74) is 0. The standard InChI is InChI=1S/C7H8N4S2/c1-11-7(9-5-10-11)13-4-6-8-2-3-12-6/h2-3,5H,4H2,1H3. The van der Waals surface area contributed by atoms with Gasteiger partial charge in [-0.1, -0.05) is 11.8 Å². The summed E-state index contributed by atoms with van der Waals surface area (Å²) in [4.78, 5) is 8.29. The molecule has 0 aliphatic heterocycles. The summed E-state index contributed by atoms with van der Waals surface area (Å²) in [5, 5.41) is 8.01. The van der Waals surface area contributed by atoms with E-state index in [1.54, 1.807) is 34.1 Å². The van der Waals surface area contributed by atoms with Gasteiger partial charge in [-0.15, -0.1) is 11.3 Å². The molecule has 68 valence electrons. The normalized spacial score (nSPS) is 10.5. The number of rotatable bonds is 3. The van der Waals surface area contributed by atoms with Gasteiger partial charge in [0.25, 0.3) is 0 Å². The maximum absolute atomic E-state index is 4.19. The van der Waals surface area contributed by atoms with Gasteiger partial charge >= 0.3 is 0 Å². The van der Waals surface area contributed by atoms with Crippen LogP contribution in [0.1, 0.15) is 5.01 Å². The van der Waals surface area contributed by atoms with E-state index in [4.69, 9.17) is 0 Å². The van der Waals surface area contributed by atoms with Crippen molar-refractivity contribution in [2.75, 3.05) is 0 Å². The smallest absolute Gasteiger partial charge is 0.186 e. The molecule has 0 aromatic carbocycles. The lowest BCUT2D eigenvalue weighted by atomic mass is 10.8. The van der Waals surface area contributed by atoms with Crippen molar-refractivity contribution in [3.63, 3.8) is 0 Å². The van der Waals surface area contributed by atoms with Crippen LogP contribution in [0.2, 0.25) is 0 Å².